The van der Waals surface area contributed by atoms with Gasteiger partial charge < -0.3 is 10.6 Å². The highest BCUT2D eigenvalue weighted by Gasteiger charge is 1.93. The van der Waals surface area contributed by atoms with Crippen molar-refractivity contribution >= 4 is 11.5 Å². The first-order valence-electron chi connectivity index (χ1n) is 5.02. The molecular weight excluding hydrogens is 186 g/mol. The van der Waals surface area contributed by atoms with Crippen molar-refractivity contribution in [2.45, 2.75) is 13.8 Å². The monoisotopic (exact) mass is 203 g/mol. The average molecular weight is 203 g/mol. The zero-order valence-corrected chi connectivity index (χ0v) is 9.25. The Morgan fingerprint density at radius 3 is 2.60 bits per heavy atom. The van der Waals surface area contributed by atoms with Crippen molar-refractivity contribution in [1.82, 2.24) is 5.32 Å². The van der Waals surface area contributed by atoms with Crippen molar-refractivity contribution in [3.05, 3.63) is 42.7 Å². The molecule has 0 fully saturated rings. The highest BCUT2D eigenvalue weighted by molar-refractivity contribution is 5.80. The van der Waals surface area contributed by atoms with Crippen LogP contribution in [-0.4, -0.2) is 12.4 Å². The molecule has 0 bridgehead atoms. The standard InChI is InChI=1S/C12H17N3/c1-4-13-10(2)14-11(3)15-12-8-6-5-7-9-12/h5-9,15H,3-4H2,1-2H3,(H,13,14). The second kappa shape index (κ2) is 5.86. The molecule has 0 amide bonds. The van der Waals surface area contributed by atoms with E-state index in [1.807, 2.05) is 44.2 Å². The Hall–Kier alpha value is -1.77. The van der Waals surface area contributed by atoms with Crippen LogP contribution in [0.3, 0.4) is 0 Å². The van der Waals surface area contributed by atoms with Crippen LogP contribution in [0, 0.1) is 0 Å². The van der Waals surface area contributed by atoms with Gasteiger partial charge in [-0.3, -0.25) is 0 Å². The van der Waals surface area contributed by atoms with Gasteiger partial charge in [0.1, 0.15) is 11.7 Å². The summed E-state index contributed by atoms with van der Waals surface area (Å²) in [6.45, 7) is 8.65. The van der Waals surface area contributed by atoms with Crippen LogP contribution < -0.4 is 10.6 Å². The number of para-hydroxylation sites is 1. The molecule has 0 aliphatic heterocycles. The summed E-state index contributed by atoms with van der Waals surface area (Å²) < 4.78 is 0. The molecule has 0 saturated heterocycles. The molecule has 3 heteroatoms. The molecule has 15 heavy (non-hydrogen) atoms. The second-order valence-corrected chi connectivity index (χ2v) is 3.17. The fourth-order valence-electron chi connectivity index (χ4n) is 1.21. The van der Waals surface area contributed by atoms with E-state index in [-0.39, 0.29) is 0 Å². The molecule has 1 rings (SSSR count). The Morgan fingerprint density at radius 1 is 1.33 bits per heavy atom. The largest absolute Gasteiger partial charge is 0.374 e. The maximum absolute atomic E-state index is 4.26. The molecule has 0 radical (unpaired) electrons. The topological polar surface area (TPSA) is 36.4 Å². The molecule has 1 aromatic carbocycles. The van der Waals surface area contributed by atoms with Gasteiger partial charge in [0.15, 0.2) is 0 Å². The van der Waals surface area contributed by atoms with Crippen LogP contribution in [-0.2, 0) is 0 Å². The number of hydrogen-bond acceptors (Lipinski definition) is 2. The summed E-state index contributed by atoms with van der Waals surface area (Å²) in [6, 6.07) is 9.86. The van der Waals surface area contributed by atoms with Crippen LogP contribution in [0.25, 0.3) is 0 Å². The summed E-state index contributed by atoms with van der Waals surface area (Å²) in [5.74, 6) is 1.51. The van der Waals surface area contributed by atoms with Gasteiger partial charge in [0, 0.05) is 12.2 Å². The van der Waals surface area contributed by atoms with Crippen molar-refractivity contribution in [2.24, 2.45) is 4.99 Å². The van der Waals surface area contributed by atoms with E-state index in [1.54, 1.807) is 0 Å². The van der Waals surface area contributed by atoms with E-state index < -0.39 is 0 Å². The molecule has 0 aliphatic rings. The van der Waals surface area contributed by atoms with Crippen molar-refractivity contribution in [2.75, 3.05) is 11.9 Å². The van der Waals surface area contributed by atoms with E-state index in [1.165, 1.54) is 0 Å². The number of nitrogens with one attached hydrogen (secondary N) is 2. The summed E-state index contributed by atoms with van der Waals surface area (Å²) in [6.07, 6.45) is 0. The first-order valence-corrected chi connectivity index (χ1v) is 5.02. The number of anilines is 1. The Morgan fingerprint density at radius 2 is 2.00 bits per heavy atom. The van der Waals surface area contributed by atoms with E-state index >= 15 is 0 Å². The lowest BCUT2D eigenvalue weighted by molar-refractivity contribution is 0.956. The average Bonchev–Trinajstić information content (AvgIpc) is 2.19. The van der Waals surface area contributed by atoms with E-state index in [0.717, 1.165) is 18.1 Å². The summed E-state index contributed by atoms with van der Waals surface area (Å²) in [5.41, 5.74) is 0.996. The molecule has 2 N–H and O–H groups in total. The third-order valence-corrected chi connectivity index (χ3v) is 1.80. The molecule has 1 aromatic rings. The maximum Gasteiger partial charge on any atom is 0.125 e. The van der Waals surface area contributed by atoms with Crippen molar-refractivity contribution in [1.29, 1.82) is 0 Å². The molecule has 80 valence electrons. The van der Waals surface area contributed by atoms with Crippen LogP contribution in [0.15, 0.2) is 47.7 Å². The molecule has 0 spiro atoms. The maximum atomic E-state index is 4.26. The van der Waals surface area contributed by atoms with E-state index in [2.05, 4.69) is 22.2 Å². The zero-order chi connectivity index (χ0) is 11.1. The lowest BCUT2D eigenvalue weighted by Gasteiger charge is -2.07. The molecule has 3 nitrogen and oxygen atoms in total. The quantitative estimate of drug-likeness (QED) is 0.583. The number of rotatable bonds is 4. The van der Waals surface area contributed by atoms with Gasteiger partial charge >= 0.3 is 0 Å². The smallest absolute Gasteiger partial charge is 0.125 e. The third kappa shape index (κ3) is 4.31. The lowest BCUT2D eigenvalue weighted by Crippen LogP contribution is -2.20. The van der Waals surface area contributed by atoms with Gasteiger partial charge in [0.2, 0.25) is 0 Å². The van der Waals surface area contributed by atoms with Crippen LogP contribution >= 0.6 is 0 Å². The normalized spacial score (nSPS) is 10.9. The summed E-state index contributed by atoms with van der Waals surface area (Å²) in [5, 5.41) is 6.22. The Kier molecular flexibility index (Phi) is 4.41. The van der Waals surface area contributed by atoms with Crippen molar-refractivity contribution in [3.8, 4) is 0 Å². The Balaban J connectivity index is 2.53. The highest BCUT2D eigenvalue weighted by atomic mass is 15.1. The first-order chi connectivity index (χ1) is 7.22. The van der Waals surface area contributed by atoms with Gasteiger partial charge in [-0.1, -0.05) is 24.8 Å². The van der Waals surface area contributed by atoms with E-state index in [4.69, 9.17) is 0 Å². The summed E-state index contributed by atoms with van der Waals surface area (Å²) >= 11 is 0. The van der Waals surface area contributed by atoms with Gasteiger partial charge in [0.05, 0.1) is 0 Å². The van der Waals surface area contributed by atoms with Crippen LogP contribution in [0.1, 0.15) is 13.8 Å². The predicted molar refractivity (Wildman–Crippen MR) is 66.0 cm³/mol. The van der Waals surface area contributed by atoms with E-state index in [0.29, 0.717) is 5.82 Å². The van der Waals surface area contributed by atoms with Crippen molar-refractivity contribution in [3.63, 3.8) is 0 Å². The number of amidine groups is 1. The Bertz CT molecular complexity index is 341. The molecule has 0 atom stereocenters. The van der Waals surface area contributed by atoms with Crippen LogP contribution in [0.4, 0.5) is 5.69 Å². The van der Waals surface area contributed by atoms with Crippen molar-refractivity contribution < 1.29 is 0 Å². The van der Waals surface area contributed by atoms with Gasteiger partial charge in [-0.25, -0.2) is 4.99 Å². The molecule has 0 saturated carbocycles. The number of nitrogens with zero attached hydrogens (tertiary/aromatic N) is 1. The fourth-order valence-corrected chi connectivity index (χ4v) is 1.21. The SMILES string of the molecule is C=C(/N=C(\C)NCC)Nc1ccccc1. The van der Waals surface area contributed by atoms with Gasteiger partial charge in [-0.05, 0) is 26.0 Å². The predicted octanol–water partition coefficient (Wildman–Crippen LogP) is 2.60. The van der Waals surface area contributed by atoms with Crippen LogP contribution in [0.2, 0.25) is 0 Å². The van der Waals surface area contributed by atoms with Crippen LogP contribution in [0.5, 0.6) is 0 Å². The summed E-state index contributed by atoms with van der Waals surface area (Å²) in [4.78, 5) is 4.26. The van der Waals surface area contributed by atoms with Gasteiger partial charge in [0.25, 0.3) is 0 Å². The number of benzene rings is 1. The molecule has 0 unspecified atom stereocenters. The lowest BCUT2D eigenvalue weighted by atomic mass is 10.3. The molecule has 0 heterocycles. The molecular formula is C12H17N3. The number of aliphatic imine (C=N–C) groups is 1. The first kappa shape index (κ1) is 11.3. The minimum atomic E-state index is 0.639. The third-order valence-electron chi connectivity index (χ3n) is 1.80. The Labute approximate surface area is 90.9 Å². The van der Waals surface area contributed by atoms with Gasteiger partial charge in [-0.15, -0.1) is 0 Å². The fraction of sp³-hybridized carbons (Fsp3) is 0.250. The summed E-state index contributed by atoms with van der Waals surface area (Å²) in [7, 11) is 0. The minimum absolute atomic E-state index is 0.639. The van der Waals surface area contributed by atoms with Gasteiger partial charge in [-0.2, -0.15) is 0 Å². The molecule has 0 aromatic heterocycles. The minimum Gasteiger partial charge on any atom is -0.374 e. The highest BCUT2D eigenvalue weighted by Crippen LogP contribution is 2.08. The molecule has 0 aliphatic carbocycles. The zero-order valence-electron chi connectivity index (χ0n) is 9.25. The second-order valence-electron chi connectivity index (χ2n) is 3.17. The number of hydrogen-bond donors (Lipinski definition) is 2. The van der Waals surface area contributed by atoms with E-state index in [9.17, 15) is 0 Å².